The Morgan fingerprint density at radius 1 is 0.886 bits per heavy atom. The summed E-state index contributed by atoms with van der Waals surface area (Å²) in [5.41, 5.74) is 0.632. The van der Waals surface area contributed by atoms with Crippen LogP contribution in [0.15, 0.2) is 24.3 Å². The molecule has 1 fully saturated rings. The fourth-order valence-electron chi connectivity index (χ4n) is 5.54. The van der Waals surface area contributed by atoms with Crippen LogP contribution >= 0.6 is 0 Å². The van der Waals surface area contributed by atoms with Gasteiger partial charge in [-0.1, -0.05) is 102 Å². The minimum atomic E-state index is -1.64. The Morgan fingerprint density at radius 3 is 2.07 bits per heavy atom. The lowest BCUT2D eigenvalue weighted by atomic mass is 9.98. The molecule has 1 heterocycles. The number of rotatable bonds is 23. The molecule has 1 aliphatic heterocycles. The van der Waals surface area contributed by atoms with Gasteiger partial charge in [0.25, 0.3) is 0 Å². The van der Waals surface area contributed by atoms with Crippen LogP contribution < -0.4 is 10.1 Å². The highest BCUT2D eigenvalue weighted by molar-refractivity contribution is 5.79. The van der Waals surface area contributed by atoms with Gasteiger partial charge in [0.2, 0.25) is 5.91 Å². The molecule has 2 rings (SSSR count). The van der Waals surface area contributed by atoms with E-state index >= 15 is 0 Å². The lowest BCUT2D eigenvalue weighted by Gasteiger charge is -2.40. The Morgan fingerprint density at radius 2 is 1.48 bits per heavy atom. The van der Waals surface area contributed by atoms with Gasteiger partial charge in [0.05, 0.1) is 38.9 Å². The van der Waals surface area contributed by atoms with Gasteiger partial charge in [-0.2, -0.15) is 0 Å². The number of nitrogens with one attached hydrogen (secondary N) is 1. The molecule has 8 atom stereocenters. The predicted molar refractivity (Wildman–Crippen MR) is 166 cm³/mol. The number of unbranched alkanes of at least 4 members (excludes halogenated alkanes) is 11. The molecule has 0 bridgehead atoms. The van der Waals surface area contributed by atoms with Crippen LogP contribution in [0.2, 0.25) is 0 Å². The fourth-order valence-corrected chi connectivity index (χ4v) is 5.54. The number of hydrogen-bond acceptors (Lipinski definition) is 10. The highest BCUT2D eigenvalue weighted by Gasteiger charge is 2.44. The molecule has 0 saturated carbocycles. The number of carbonyl (C=O) groups excluding carboxylic acids is 1. The van der Waals surface area contributed by atoms with Gasteiger partial charge in [0.15, 0.2) is 6.29 Å². The molecule has 7 N–H and O–H groups in total. The summed E-state index contributed by atoms with van der Waals surface area (Å²) in [5.74, 6) is 0.0813. The van der Waals surface area contributed by atoms with E-state index in [1.165, 1.54) is 58.5 Å². The summed E-state index contributed by atoms with van der Waals surface area (Å²) in [7, 11) is 1.50. The number of para-hydroxylation sites is 1. The summed E-state index contributed by atoms with van der Waals surface area (Å²) < 4.78 is 16.3. The Bertz CT molecular complexity index is 903. The number of aliphatic hydroxyl groups is 6. The molecular weight excluding hydrogens is 570 g/mol. The van der Waals surface area contributed by atoms with Crippen LogP contribution in [0.25, 0.3) is 0 Å². The molecule has 8 unspecified atom stereocenters. The maximum atomic E-state index is 13.0. The Kier molecular flexibility index (Phi) is 19.0. The topological polar surface area (TPSA) is 178 Å². The SMILES string of the molecule is CCCCCCCCCCCCCCC(O)C(O)C(COC1OC(CO)C(O)C(O)C1O)NC(=O)Cc1ccccc1OC. The minimum absolute atomic E-state index is 0.0535. The van der Waals surface area contributed by atoms with Crippen molar-refractivity contribution in [3.63, 3.8) is 0 Å². The lowest BCUT2D eigenvalue weighted by molar-refractivity contribution is -0.303. The average Bonchev–Trinajstić information content (AvgIpc) is 3.03. The molecule has 1 saturated heterocycles. The lowest BCUT2D eigenvalue weighted by Crippen LogP contribution is -2.60. The van der Waals surface area contributed by atoms with E-state index in [0.29, 0.717) is 24.2 Å². The van der Waals surface area contributed by atoms with E-state index in [-0.39, 0.29) is 13.0 Å². The van der Waals surface area contributed by atoms with Crippen molar-refractivity contribution in [1.82, 2.24) is 5.32 Å². The molecular formula is C33H57NO10. The molecule has 0 spiro atoms. The first kappa shape index (κ1) is 38.4. The van der Waals surface area contributed by atoms with Crippen LogP contribution in [0.1, 0.15) is 96.0 Å². The Hall–Kier alpha value is -1.83. The van der Waals surface area contributed by atoms with Gasteiger partial charge < -0.3 is 50.2 Å². The van der Waals surface area contributed by atoms with Crippen LogP contribution in [0.3, 0.4) is 0 Å². The number of carbonyl (C=O) groups is 1. The number of aliphatic hydroxyl groups excluding tert-OH is 6. The summed E-state index contributed by atoms with van der Waals surface area (Å²) in [6.45, 7) is 1.23. The van der Waals surface area contributed by atoms with Gasteiger partial charge in [-0.3, -0.25) is 4.79 Å². The first-order valence-corrected chi connectivity index (χ1v) is 16.4. The van der Waals surface area contributed by atoms with E-state index in [1.807, 2.05) is 0 Å². The van der Waals surface area contributed by atoms with Crippen molar-refractivity contribution >= 4 is 5.91 Å². The number of amides is 1. The summed E-state index contributed by atoms with van der Waals surface area (Å²) >= 11 is 0. The van der Waals surface area contributed by atoms with Gasteiger partial charge in [-0.25, -0.2) is 0 Å². The number of methoxy groups -OCH3 is 1. The molecule has 1 amide bonds. The predicted octanol–water partition coefficient (Wildman–Crippen LogP) is 2.35. The van der Waals surface area contributed by atoms with Crippen molar-refractivity contribution in [3.8, 4) is 5.75 Å². The third-order valence-corrected chi connectivity index (χ3v) is 8.34. The third-order valence-electron chi connectivity index (χ3n) is 8.34. The van der Waals surface area contributed by atoms with E-state index in [2.05, 4.69) is 12.2 Å². The van der Waals surface area contributed by atoms with Gasteiger partial charge in [-0.05, 0) is 12.5 Å². The van der Waals surface area contributed by atoms with Crippen molar-refractivity contribution in [3.05, 3.63) is 29.8 Å². The third kappa shape index (κ3) is 13.3. The van der Waals surface area contributed by atoms with Crippen molar-refractivity contribution in [1.29, 1.82) is 0 Å². The van der Waals surface area contributed by atoms with Gasteiger partial charge >= 0.3 is 0 Å². The summed E-state index contributed by atoms with van der Waals surface area (Å²) in [6.07, 6.45) is 4.42. The quantitative estimate of drug-likeness (QED) is 0.0891. The van der Waals surface area contributed by atoms with E-state index < -0.39 is 61.5 Å². The number of hydrogen-bond donors (Lipinski definition) is 7. The molecule has 0 aromatic heterocycles. The highest BCUT2D eigenvalue weighted by atomic mass is 16.7. The standard InChI is InChI=1S/C33H57NO10/c1-3-4-5-6-7-8-9-10-11-12-13-14-18-25(36)29(38)24(34-28(37)20-23-17-15-16-19-26(23)42-2)22-43-33-32(41)31(40)30(39)27(21-35)44-33/h15-17,19,24-25,27,29-33,35-36,38-41H,3-14,18,20-22H2,1-2H3,(H,34,37). The Balaban J connectivity index is 1.89. The van der Waals surface area contributed by atoms with Gasteiger partial charge in [0, 0.05) is 5.56 Å². The second kappa shape index (κ2) is 21.8. The second-order valence-corrected chi connectivity index (χ2v) is 11.9. The van der Waals surface area contributed by atoms with Crippen LogP contribution in [-0.4, -0.2) is 106 Å². The van der Waals surface area contributed by atoms with Crippen molar-refractivity contribution < 1.29 is 49.6 Å². The molecule has 11 nitrogen and oxygen atoms in total. The first-order valence-electron chi connectivity index (χ1n) is 16.4. The van der Waals surface area contributed by atoms with Crippen LogP contribution in [0.4, 0.5) is 0 Å². The minimum Gasteiger partial charge on any atom is -0.496 e. The second-order valence-electron chi connectivity index (χ2n) is 11.9. The first-order chi connectivity index (χ1) is 21.2. The number of benzene rings is 1. The maximum Gasteiger partial charge on any atom is 0.224 e. The van der Waals surface area contributed by atoms with Crippen molar-refractivity contribution in [2.45, 2.75) is 146 Å². The number of ether oxygens (including phenoxy) is 3. The highest BCUT2D eigenvalue weighted by Crippen LogP contribution is 2.23. The van der Waals surface area contributed by atoms with Crippen LogP contribution in [0.5, 0.6) is 5.75 Å². The van der Waals surface area contributed by atoms with Gasteiger partial charge in [0.1, 0.15) is 36.3 Å². The fraction of sp³-hybridized carbons (Fsp3) is 0.788. The molecule has 0 aliphatic carbocycles. The zero-order valence-corrected chi connectivity index (χ0v) is 26.6. The largest absolute Gasteiger partial charge is 0.496 e. The molecule has 254 valence electrons. The monoisotopic (exact) mass is 627 g/mol. The average molecular weight is 628 g/mol. The van der Waals surface area contributed by atoms with Gasteiger partial charge in [-0.15, -0.1) is 0 Å². The maximum absolute atomic E-state index is 13.0. The van der Waals surface area contributed by atoms with E-state index in [0.717, 1.165) is 19.3 Å². The van der Waals surface area contributed by atoms with E-state index in [1.54, 1.807) is 24.3 Å². The van der Waals surface area contributed by atoms with Crippen molar-refractivity contribution in [2.75, 3.05) is 20.3 Å². The van der Waals surface area contributed by atoms with Crippen LogP contribution in [-0.2, 0) is 20.7 Å². The summed E-state index contributed by atoms with van der Waals surface area (Å²) in [4.78, 5) is 13.0. The molecule has 0 radical (unpaired) electrons. The Labute approximate surface area is 262 Å². The molecule has 1 aromatic carbocycles. The zero-order valence-electron chi connectivity index (χ0n) is 26.6. The molecule has 1 aliphatic rings. The molecule has 11 heteroatoms. The molecule has 44 heavy (non-hydrogen) atoms. The zero-order chi connectivity index (χ0) is 32.3. The van der Waals surface area contributed by atoms with Crippen LogP contribution in [0, 0.1) is 0 Å². The normalized spacial score (nSPS) is 24.0. The summed E-state index contributed by atoms with van der Waals surface area (Å²) in [5, 5.41) is 64.5. The summed E-state index contributed by atoms with van der Waals surface area (Å²) in [6, 6.07) is 5.95. The smallest absolute Gasteiger partial charge is 0.224 e. The van der Waals surface area contributed by atoms with Crippen molar-refractivity contribution in [2.24, 2.45) is 0 Å². The molecule has 1 aromatic rings. The van der Waals surface area contributed by atoms with E-state index in [9.17, 15) is 35.4 Å². The van der Waals surface area contributed by atoms with E-state index in [4.69, 9.17) is 14.2 Å².